The van der Waals surface area contributed by atoms with Gasteiger partial charge in [-0.25, -0.2) is 0 Å². The van der Waals surface area contributed by atoms with Crippen LogP contribution in [0.1, 0.15) is 36.4 Å². The van der Waals surface area contributed by atoms with Gasteiger partial charge in [0.2, 0.25) is 0 Å². The molecule has 0 saturated carbocycles. The summed E-state index contributed by atoms with van der Waals surface area (Å²) in [6.07, 6.45) is 5.06. The predicted octanol–water partition coefficient (Wildman–Crippen LogP) is 2.37. The molecule has 1 aromatic rings. The maximum Gasteiger partial charge on any atom is 0.119 e. The molecule has 0 radical (unpaired) electrons. The van der Waals surface area contributed by atoms with Crippen molar-refractivity contribution in [2.75, 3.05) is 27.2 Å². The molecule has 3 heteroatoms. The molecule has 3 rings (SSSR count). The molecule has 104 valence electrons. The minimum atomic E-state index is 0.559. The van der Waals surface area contributed by atoms with Crippen LogP contribution in [-0.2, 0) is 6.42 Å². The summed E-state index contributed by atoms with van der Waals surface area (Å²) in [6, 6.07) is 7.84. The molecule has 0 amide bonds. The van der Waals surface area contributed by atoms with Crippen LogP contribution in [0.4, 0.5) is 0 Å². The Labute approximate surface area is 115 Å². The van der Waals surface area contributed by atoms with Crippen molar-refractivity contribution in [2.45, 2.75) is 37.8 Å². The highest BCUT2D eigenvalue weighted by molar-refractivity contribution is 5.39. The lowest BCUT2D eigenvalue weighted by atomic mass is 9.86. The van der Waals surface area contributed by atoms with Crippen LogP contribution >= 0.6 is 0 Å². The fourth-order valence-electron chi connectivity index (χ4n) is 3.54. The van der Waals surface area contributed by atoms with Gasteiger partial charge in [-0.1, -0.05) is 6.07 Å². The molecule has 1 heterocycles. The van der Waals surface area contributed by atoms with E-state index in [2.05, 4.69) is 35.5 Å². The van der Waals surface area contributed by atoms with Gasteiger partial charge in [0.05, 0.1) is 7.11 Å². The van der Waals surface area contributed by atoms with Crippen LogP contribution in [0.25, 0.3) is 0 Å². The summed E-state index contributed by atoms with van der Waals surface area (Å²) >= 11 is 0. The van der Waals surface area contributed by atoms with Gasteiger partial charge in [-0.2, -0.15) is 0 Å². The van der Waals surface area contributed by atoms with Crippen molar-refractivity contribution in [2.24, 2.45) is 0 Å². The molecule has 1 fully saturated rings. The highest BCUT2D eigenvalue weighted by Crippen LogP contribution is 2.37. The molecule has 2 atom stereocenters. The summed E-state index contributed by atoms with van der Waals surface area (Å²) in [5.41, 5.74) is 3.00. The highest BCUT2D eigenvalue weighted by Gasteiger charge is 2.29. The third kappa shape index (κ3) is 2.49. The van der Waals surface area contributed by atoms with Crippen LogP contribution in [0, 0.1) is 0 Å². The molecular formula is C16H24N2O. The molecule has 19 heavy (non-hydrogen) atoms. The number of hydrogen-bond donors (Lipinski definition) is 1. The first kappa shape index (κ1) is 12.9. The number of likely N-dealkylation sites (N-methyl/N-ethyl adjacent to an activating group) is 1. The Bertz CT molecular complexity index is 440. The van der Waals surface area contributed by atoms with Crippen molar-refractivity contribution in [3.8, 4) is 5.75 Å². The third-order valence-electron chi connectivity index (χ3n) is 4.74. The molecule has 1 aliphatic carbocycles. The second kappa shape index (κ2) is 5.51. The number of ether oxygens (including phenoxy) is 1. The summed E-state index contributed by atoms with van der Waals surface area (Å²) < 4.78 is 5.40. The van der Waals surface area contributed by atoms with Crippen LogP contribution in [0.15, 0.2) is 18.2 Å². The molecule has 2 unspecified atom stereocenters. The zero-order valence-electron chi connectivity index (χ0n) is 12.0. The van der Waals surface area contributed by atoms with Crippen molar-refractivity contribution in [3.63, 3.8) is 0 Å². The van der Waals surface area contributed by atoms with Crippen LogP contribution in [0.5, 0.6) is 5.75 Å². The Morgan fingerprint density at radius 1 is 1.32 bits per heavy atom. The minimum Gasteiger partial charge on any atom is -0.497 e. The average Bonchev–Trinajstić information content (AvgIpc) is 2.99. The van der Waals surface area contributed by atoms with Crippen molar-refractivity contribution < 1.29 is 4.74 Å². The Kier molecular flexibility index (Phi) is 3.76. The molecule has 0 spiro atoms. The van der Waals surface area contributed by atoms with Gasteiger partial charge < -0.3 is 10.1 Å². The molecule has 1 N–H and O–H groups in total. The number of rotatable bonds is 3. The molecule has 1 saturated heterocycles. The average molecular weight is 260 g/mol. The molecule has 2 aliphatic rings. The summed E-state index contributed by atoms with van der Waals surface area (Å²) in [5, 5.41) is 3.47. The quantitative estimate of drug-likeness (QED) is 0.903. The maximum atomic E-state index is 5.40. The summed E-state index contributed by atoms with van der Waals surface area (Å²) in [5.74, 6) is 0.989. The Balaban J connectivity index is 1.87. The summed E-state index contributed by atoms with van der Waals surface area (Å²) in [4.78, 5) is 2.58. The zero-order valence-corrected chi connectivity index (χ0v) is 12.0. The van der Waals surface area contributed by atoms with Crippen LogP contribution in [0.3, 0.4) is 0 Å². The van der Waals surface area contributed by atoms with Crippen LogP contribution < -0.4 is 10.1 Å². The lowest BCUT2D eigenvalue weighted by molar-refractivity contribution is 0.166. The van der Waals surface area contributed by atoms with Gasteiger partial charge in [0, 0.05) is 18.6 Å². The first-order valence-electron chi connectivity index (χ1n) is 7.39. The van der Waals surface area contributed by atoms with Gasteiger partial charge in [0.25, 0.3) is 0 Å². The summed E-state index contributed by atoms with van der Waals surface area (Å²) in [7, 11) is 4.04. The Morgan fingerprint density at radius 3 is 2.95 bits per heavy atom. The van der Waals surface area contributed by atoms with Gasteiger partial charge in [-0.05, 0) is 62.5 Å². The minimum absolute atomic E-state index is 0.559. The highest BCUT2D eigenvalue weighted by atomic mass is 16.5. The number of fused-ring (bicyclic) bond motifs is 1. The topological polar surface area (TPSA) is 24.5 Å². The monoisotopic (exact) mass is 260 g/mol. The standard InChI is InChI=1S/C16H24N2O/c1-18(13-8-9-17-11-13)16-5-3-4-12-6-7-14(19-2)10-15(12)16/h6-7,10,13,16-17H,3-5,8-9,11H2,1-2H3. The zero-order chi connectivity index (χ0) is 13.2. The smallest absolute Gasteiger partial charge is 0.119 e. The number of methoxy groups -OCH3 is 1. The Morgan fingerprint density at radius 2 is 2.21 bits per heavy atom. The normalized spacial score (nSPS) is 26.5. The predicted molar refractivity (Wildman–Crippen MR) is 77.7 cm³/mol. The fourth-order valence-corrected chi connectivity index (χ4v) is 3.54. The van der Waals surface area contributed by atoms with E-state index in [4.69, 9.17) is 4.74 Å². The van der Waals surface area contributed by atoms with Gasteiger partial charge in [-0.3, -0.25) is 4.90 Å². The third-order valence-corrected chi connectivity index (χ3v) is 4.74. The lowest BCUT2D eigenvalue weighted by Gasteiger charge is -2.37. The number of hydrogen-bond acceptors (Lipinski definition) is 3. The SMILES string of the molecule is COc1ccc2c(c1)C(N(C)C1CCNC1)CCC2. The second-order valence-electron chi connectivity index (χ2n) is 5.78. The van der Waals surface area contributed by atoms with Crippen molar-refractivity contribution in [1.29, 1.82) is 0 Å². The Hall–Kier alpha value is -1.06. The van der Waals surface area contributed by atoms with Crippen molar-refractivity contribution >= 4 is 0 Å². The fraction of sp³-hybridized carbons (Fsp3) is 0.625. The van der Waals surface area contributed by atoms with Gasteiger partial charge in [-0.15, -0.1) is 0 Å². The molecule has 0 bridgehead atoms. The molecular weight excluding hydrogens is 236 g/mol. The van der Waals surface area contributed by atoms with E-state index in [0.29, 0.717) is 12.1 Å². The van der Waals surface area contributed by atoms with E-state index in [9.17, 15) is 0 Å². The molecule has 0 aromatic heterocycles. The lowest BCUT2D eigenvalue weighted by Crippen LogP contribution is -2.38. The largest absolute Gasteiger partial charge is 0.497 e. The van der Waals surface area contributed by atoms with E-state index >= 15 is 0 Å². The van der Waals surface area contributed by atoms with Crippen molar-refractivity contribution in [3.05, 3.63) is 29.3 Å². The van der Waals surface area contributed by atoms with Gasteiger partial charge in [0.15, 0.2) is 0 Å². The first-order chi connectivity index (χ1) is 9.29. The number of benzene rings is 1. The number of nitrogens with one attached hydrogen (secondary N) is 1. The molecule has 1 aliphatic heterocycles. The van der Waals surface area contributed by atoms with Gasteiger partial charge in [0.1, 0.15) is 5.75 Å². The van der Waals surface area contributed by atoms with E-state index in [1.807, 2.05) is 0 Å². The van der Waals surface area contributed by atoms with Crippen molar-refractivity contribution in [1.82, 2.24) is 10.2 Å². The maximum absolute atomic E-state index is 5.40. The van der Waals surface area contributed by atoms with Crippen LogP contribution in [0.2, 0.25) is 0 Å². The van der Waals surface area contributed by atoms with E-state index in [0.717, 1.165) is 18.8 Å². The van der Waals surface area contributed by atoms with Gasteiger partial charge >= 0.3 is 0 Å². The van der Waals surface area contributed by atoms with E-state index in [1.165, 1.54) is 36.8 Å². The second-order valence-corrected chi connectivity index (χ2v) is 5.78. The van der Waals surface area contributed by atoms with E-state index < -0.39 is 0 Å². The van der Waals surface area contributed by atoms with E-state index in [1.54, 1.807) is 7.11 Å². The first-order valence-corrected chi connectivity index (χ1v) is 7.39. The van der Waals surface area contributed by atoms with E-state index in [-0.39, 0.29) is 0 Å². The number of aryl methyl sites for hydroxylation is 1. The summed E-state index contributed by atoms with van der Waals surface area (Å²) in [6.45, 7) is 2.29. The molecule has 1 aromatic carbocycles. The van der Waals surface area contributed by atoms with Crippen LogP contribution in [-0.4, -0.2) is 38.2 Å². The molecule has 3 nitrogen and oxygen atoms in total. The number of nitrogens with zero attached hydrogens (tertiary/aromatic N) is 1.